The highest BCUT2D eigenvalue weighted by atomic mass is 16.3. The van der Waals surface area contributed by atoms with Gasteiger partial charge in [0.15, 0.2) is 0 Å². The molecule has 0 atom stereocenters. The zero-order valence-corrected chi connectivity index (χ0v) is 9.52. The summed E-state index contributed by atoms with van der Waals surface area (Å²) in [6, 6.07) is 2.62. The quantitative estimate of drug-likeness (QED) is 0.711. The molecule has 16 heavy (non-hydrogen) atoms. The largest absolute Gasteiger partial charge is 0.389 e. The van der Waals surface area contributed by atoms with Gasteiger partial charge in [-0.1, -0.05) is 0 Å². The lowest BCUT2D eigenvalue weighted by Gasteiger charge is -2.17. The lowest BCUT2D eigenvalue weighted by Crippen LogP contribution is -2.39. The van der Waals surface area contributed by atoms with E-state index in [2.05, 4.69) is 10.4 Å². The minimum Gasteiger partial charge on any atom is -0.389 e. The molecule has 0 aromatic carbocycles. The van der Waals surface area contributed by atoms with Gasteiger partial charge in [-0.2, -0.15) is 5.10 Å². The van der Waals surface area contributed by atoms with Crippen molar-refractivity contribution in [2.75, 3.05) is 6.54 Å². The minimum atomic E-state index is -0.976. The summed E-state index contributed by atoms with van der Waals surface area (Å²) >= 11 is 0. The molecule has 0 spiro atoms. The van der Waals surface area contributed by atoms with Crippen LogP contribution in [-0.4, -0.2) is 32.9 Å². The monoisotopic (exact) mass is 225 g/mol. The van der Waals surface area contributed by atoms with Crippen molar-refractivity contribution in [3.05, 3.63) is 28.2 Å². The SMILES string of the molecule is Cn1nc(C(=O)NCC(C)(C)O)ccc1=O. The van der Waals surface area contributed by atoms with Crippen molar-refractivity contribution in [2.45, 2.75) is 19.4 Å². The van der Waals surface area contributed by atoms with Gasteiger partial charge in [0.1, 0.15) is 5.69 Å². The van der Waals surface area contributed by atoms with Gasteiger partial charge in [0, 0.05) is 19.7 Å². The van der Waals surface area contributed by atoms with E-state index in [1.807, 2.05) is 0 Å². The van der Waals surface area contributed by atoms with Crippen LogP contribution in [0.2, 0.25) is 0 Å². The molecular weight excluding hydrogens is 210 g/mol. The molecule has 1 amide bonds. The smallest absolute Gasteiger partial charge is 0.271 e. The summed E-state index contributed by atoms with van der Waals surface area (Å²) in [6.45, 7) is 3.29. The van der Waals surface area contributed by atoms with E-state index in [0.29, 0.717) is 0 Å². The Kier molecular flexibility index (Phi) is 3.44. The maximum Gasteiger partial charge on any atom is 0.271 e. The van der Waals surface area contributed by atoms with E-state index in [9.17, 15) is 14.7 Å². The Morgan fingerprint density at radius 2 is 2.19 bits per heavy atom. The first kappa shape index (κ1) is 12.4. The van der Waals surface area contributed by atoms with Crippen LogP contribution in [0.15, 0.2) is 16.9 Å². The van der Waals surface area contributed by atoms with Gasteiger partial charge < -0.3 is 10.4 Å². The summed E-state index contributed by atoms with van der Waals surface area (Å²) in [5.41, 5.74) is -1.11. The number of aliphatic hydroxyl groups is 1. The van der Waals surface area contributed by atoms with E-state index in [1.165, 1.54) is 19.2 Å². The molecule has 0 radical (unpaired) electrons. The van der Waals surface area contributed by atoms with Crippen LogP contribution in [0.1, 0.15) is 24.3 Å². The van der Waals surface area contributed by atoms with Gasteiger partial charge in [0.2, 0.25) is 0 Å². The number of hydrogen-bond donors (Lipinski definition) is 2. The number of aryl methyl sites for hydroxylation is 1. The molecule has 0 bridgehead atoms. The van der Waals surface area contributed by atoms with Crippen LogP contribution < -0.4 is 10.9 Å². The van der Waals surface area contributed by atoms with E-state index >= 15 is 0 Å². The molecule has 1 heterocycles. The fourth-order valence-corrected chi connectivity index (χ4v) is 1.01. The summed E-state index contributed by atoms with van der Waals surface area (Å²) < 4.78 is 1.08. The Labute approximate surface area is 92.9 Å². The molecule has 0 fully saturated rings. The van der Waals surface area contributed by atoms with Crippen LogP contribution >= 0.6 is 0 Å². The van der Waals surface area contributed by atoms with E-state index in [-0.39, 0.29) is 17.8 Å². The number of hydrogen-bond acceptors (Lipinski definition) is 4. The lowest BCUT2D eigenvalue weighted by molar-refractivity contribution is 0.0691. The lowest BCUT2D eigenvalue weighted by atomic mass is 10.1. The van der Waals surface area contributed by atoms with Gasteiger partial charge in [-0.3, -0.25) is 9.59 Å². The summed E-state index contributed by atoms with van der Waals surface area (Å²) in [5.74, 6) is -0.419. The van der Waals surface area contributed by atoms with Crippen molar-refractivity contribution >= 4 is 5.91 Å². The van der Waals surface area contributed by atoms with E-state index in [4.69, 9.17) is 0 Å². The number of aromatic nitrogens is 2. The van der Waals surface area contributed by atoms with Gasteiger partial charge in [-0.15, -0.1) is 0 Å². The molecule has 6 nitrogen and oxygen atoms in total. The van der Waals surface area contributed by atoms with Crippen LogP contribution in [0.4, 0.5) is 0 Å². The number of carbonyl (C=O) groups is 1. The number of rotatable bonds is 3. The van der Waals surface area contributed by atoms with Gasteiger partial charge in [-0.25, -0.2) is 4.68 Å². The molecule has 1 rings (SSSR count). The molecular formula is C10H15N3O3. The molecule has 1 aromatic heterocycles. The molecule has 0 saturated heterocycles. The average Bonchev–Trinajstić information content (AvgIpc) is 2.17. The first-order valence-corrected chi connectivity index (χ1v) is 4.84. The van der Waals surface area contributed by atoms with Gasteiger partial charge in [0.05, 0.1) is 5.60 Å². The Balaban J connectivity index is 2.74. The maximum atomic E-state index is 11.6. The third-order valence-corrected chi connectivity index (χ3v) is 1.87. The molecule has 0 aliphatic heterocycles. The molecule has 0 saturated carbocycles. The van der Waals surface area contributed by atoms with Crippen molar-refractivity contribution in [1.82, 2.24) is 15.1 Å². The molecule has 0 unspecified atom stereocenters. The highest BCUT2D eigenvalue weighted by molar-refractivity contribution is 5.92. The van der Waals surface area contributed by atoms with Crippen LogP contribution in [0, 0.1) is 0 Å². The molecule has 88 valence electrons. The molecule has 2 N–H and O–H groups in total. The first-order chi connectivity index (χ1) is 7.29. The molecule has 1 aromatic rings. The van der Waals surface area contributed by atoms with E-state index in [1.54, 1.807) is 13.8 Å². The van der Waals surface area contributed by atoms with Crippen molar-refractivity contribution in [3.8, 4) is 0 Å². The zero-order chi connectivity index (χ0) is 12.3. The Morgan fingerprint density at radius 3 is 2.69 bits per heavy atom. The fraction of sp³-hybridized carbons (Fsp3) is 0.500. The first-order valence-electron chi connectivity index (χ1n) is 4.84. The average molecular weight is 225 g/mol. The van der Waals surface area contributed by atoms with Gasteiger partial charge >= 0.3 is 0 Å². The van der Waals surface area contributed by atoms with E-state index < -0.39 is 11.5 Å². The van der Waals surface area contributed by atoms with E-state index in [0.717, 1.165) is 4.68 Å². The van der Waals surface area contributed by atoms with Crippen LogP contribution in [0.5, 0.6) is 0 Å². The Bertz CT molecular complexity index is 445. The zero-order valence-electron chi connectivity index (χ0n) is 9.52. The Hall–Kier alpha value is -1.69. The second-order valence-corrected chi connectivity index (χ2v) is 4.18. The summed E-state index contributed by atoms with van der Waals surface area (Å²) in [7, 11) is 1.47. The third-order valence-electron chi connectivity index (χ3n) is 1.87. The van der Waals surface area contributed by atoms with Crippen LogP contribution in [0.3, 0.4) is 0 Å². The maximum absolute atomic E-state index is 11.6. The van der Waals surface area contributed by atoms with Crippen molar-refractivity contribution in [3.63, 3.8) is 0 Å². The number of nitrogens with zero attached hydrogens (tertiary/aromatic N) is 2. The highest BCUT2D eigenvalue weighted by Crippen LogP contribution is 1.98. The standard InChI is InChI=1S/C10H15N3O3/c1-10(2,16)6-11-9(15)7-4-5-8(14)13(3)12-7/h4-5,16H,6H2,1-3H3,(H,11,15). The minimum absolute atomic E-state index is 0.121. The molecule has 0 aliphatic rings. The number of carbonyl (C=O) groups excluding carboxylic acids is 1. The highest BCUT2D eigenvalue weighted by Gasteiger charge is 2.15. The normalized spacial score (nSPS) is 11.2. The van der Waals surface area contributed by atoms with Gasteiger partial charge in [-0.05, 0) is 19.9 Å². The second kappa shape index (κ2) is 4.44. The summed E-state index contributed by atoms with van der Waals surface area (Å²) in [4.78, 5) is 22.6. The third kappa shape index (κ3) is 3.47. The van der Waals surface area contributed by atoms with Crippen molar-refractivity contribution in [1.29, 1.82) is 0 Å². The molecule has 6 heteroatoms. The van der Waals surface area contributed by atoms with Gasteiger partial charge in [0.25, 0.3) is 11.5 Å². The van der Waals surface area contributed by atoms with Crippen LogP contribution in [0.25, 0.3) is 0 Å². The Morgan fingerprint density at radius 1 is 1.56 bits per heavy atom. The second-order valence-electron chi connectivity index (χ2n) is 4.18. The van der Waals surface area contributed by atoms with Crippen molar-refractivity contribution < 1.29 is 9.90 Å². The predicted molar refractivity (Wildman–Crippen MR) is 58.1 cm³/mol. The topological polar surface area (TPSA) is 84.2 Å². The predicted octanol–water partition coefficient (Wildman–Crippen LogP) is -0.719. The van der Waals surface area contributed by atoms with Crippen LogP contribution in [-0.2, 0) is 7.05 Å². The summed E-state index contributed by atoms with van der Waals surface area (Å²) in [5, 5.41) is 15.7. The molecule has 0 aliphatic carbocycles. The number of amides is 1. The summed E-state index contributed by atoms with van der Waals surface area (Å²) in [6.07, 6.45) is 0. The fourth-order valence-electron chi connectivity index (χ4n) is 1.01. The van der Waals surface area contributed by atoms with Crippen molar-refractivity contribution in [2.24, 2.45) is 7.05 Å². The number of nitrogens with one attached hydrogen (secondary N) is 1.